The largest absolute Gasteiger partial charge is 0.313 e. The van der Waals surface area contributed by atoms with E-state index in [1.165, 1.54) is 31.7 Å². The normalized spacial score (nSPS) is 12.7. The van der Waals surface area contributed by atoms with Crippen molar-refractivity contribution in [2.24, 2.45) is 0 Å². The van der Waals surface area contributed by atoms with E-state index < -0.39 is 0 Å². The number of halogens is 2. The number of hydrogen-bond acceptors (Lipinski definition) is 1. The zero-order valence-electron chi connectivity index (χ0n) is 10.6. The van der Waals surface area contributed by atoms with Gasteiger partial charge in [-0.2, -0.15) is 0 Å². The lowest BCUT2D eigenvalue weighted by molar-refractivity contribution is 0.501. The fourth-order valence-corrected chi connectivity index (χ4v) is 2.51. The van der Waals surface area contributed by atoms with Gasteiger partial charge in [-0.25, -0.2) is 4.39 Å². The average Bonchev–Trinajstić information content (AvgIpc) is 2.28. The zero-order chi connectivity index (χ0) is 12.7. The molecule has 0 aromatic heterocycles. The molecule has 0 aliphatic carbocycles. The molecule has 0 heterocycles. The molecule has 1 rings (SSSR count). The lowest BCUT2D eigenvalue weighted by Crippen LogP contribution is -2.16. The number of nitrogens with one attached hydrogen (secondary N) is 1. The van der Waals surface area contributed by atoms with Crippen molar-refractivity contribution in [1.82, 2.24) is 5.32 Å². The van der Waals surface area contributed by atoms with Gasteiger partial charge < -0.3 is 5.32 Å². The van der Waals surface area contributed by atoms with Crippen LogP contribution in [0.4, 0.5) is 4.39 Å². The number of unbranched alkanes of at least 4 members (excludes halogenated alkanes) is 3. The van der Waals surface area contributed by atoms with Crippen LogP contribution in [0.5, 0.6) is 0 Å². The van der Waals surface area contributed by atoms with Gasteiger partial charge in [0.2, 0.25) is 0 Å². The lowest BCUT2D eigenvalue weighted by Gasteiger charge is -2.17. The highest BCUT2D eigenvalue weighted by Gasteiger charge is 2.10. The van der Waals surface area contributed by atoms with Gasteiger partial charge in [0.15, 0.2) is 0 Å². The van der Waals surface area contributed by atoms with Crippen LogP contribution in [-0.2, 0) is 0 Å². The van der Waals surface area contributed by atoms with Gasteiger partial charge in [0, 0.05) is 10.5 Å². The van der Waals surface area contributed by atoms with Crippen molar-refractivity contribution in [3.8, 4) is 0 Å². The summed E-state index contributed by atoms with van der Waals surface area (Å²) < 4.78 is 14.1. The second kappa shape index (κ2) is 7.83. The Bertz CT molecular complexity index is 321. The smallest absolute Gasteiger partial charge is 0.124 e. The van der Waals surface area contributed by atoms with Gasteiger partial charge in [-0.15, -0.1) is 0 Å². The molecule has 0 saturated heterocycles. The molecular weight excluding hydrogens is 281 g/mol. The molecule has 1 nitrogen and oxygen atoms in total. The van der Waals surface area contributed by atoms with Crippen LogP contribution < -0.4 is 5.32 Å². The van der Waals surface area contributed by atoms with E-state index in [2.05, 4.69) is 28.2 Å². The fraction of sp³-hybridized carbons (Fsp3) is 0.571. The predicted octanol–water partition coefficient (Wildman–Crippen LogP) is 4.82. The number of benzene rings is 1. The minimum Gasteiger partial charge on any atom is -0.313 e. The van der Waals surface area contributed by atoms with Gasteiger partial charge in [0.25, 0.3) is 0 Å². The SMILES string of the molecule is CCCCCCC(NC)c1cc(F)cc(Br)c1. The first-order valence-electron chi connectivity index (χ1n) is 6.30. The zero-order valence-corrected chi connectivity index (χ0v) is 12.2. The van der Waals surface area contributed by atoms with E-state index in [0.717, 1.165) is 16.5 Å². The second-order valence-electron chi connectivity index (χ2n) is 4.39. The van der Waals surface area contributed by atoms with E-state index >= 15 is 0 Å². The Morgan fingerprint density at radius 3 is 2.59 bits per heavy atom. The molecule has 1 unspecified atom stereocenters. The maximum absolute atomic E-state index is 13.3. The predicted molar refractivity (Wildman–Crippen MR) is 74.7 cm³/mol. The van der Waals surface area contributed by atoms with Crippen molar-refractivity contribution >= 4 is 15.9 Å². The highest BCUT2D eigenvalue weighted by molar-refractivity contribution is 9.10. The summed E-state index contributed by atoms with van der Waals surface area (Å²) in [5, 5.41) is 3.26. The summed E-state index contributed by atoms with van der Waals surface area (Å²) in [6, 6.07) is 5.35. The van der Waals surface area contributed by atoms with E-state index in [1.807, 2.05) is 13.1 Å². The van der Waals surface area contributed by atoms with Gasteiger partial charge in [-0.1, -0.05) is 48.5 Å². The summed E-state index contributed by atoms with van der Waals surface area (Å²) >= 11 is 3.34. The lowest BCUT2D eigenvalue weighted by atomic mass is 10.00. The molecule has 3 heteroatoms. The van der Waals surface area contributed by atoms with Crippen LogP contribution in [0.3, 0.4) is 0 Å². The summed E-state index contributed by atoms with van der Waals surface area (Å²) in [7, 11) is 1.93. The third-order valence-corrected chi connectivity index (χ3v) is 3.44. The summed E-state index contributed by atoms with van der Waals surface area (Å²) in [5.41, 5.74) is 1.02. The molecule has 0 fully saturated rings. The van der Waals surface area contributed by atoms with Crippen LogP contribution >= 0.6 is 15.9 Å². The third-order valence-electron chi connectivity index (χ3n) is 2.98. The van der Waals surface area contributed by atoms with Crippen molar-refractivity contribution < 1.29 is 4.39 Å². The maximum Gasteiger partial charge on any atom is 0.124 e. The van der Waals surface area contributed by atoms with E-state index in [9.17, 15) is 4.39 Å². The van der Waals surface area contributed by atoms with E-state index in [0.29, 0.717) is 0 Å². The first-order chi connectivity index (χ1) is 8.17. The van der Waals surface area contributed by atoms with Crippen LogP contribution in [0.25, 0.3) is 0 Å². The summed E-state index contributed by atoms with van der Waals surface area (Å²) in [6.07, 6.45) is 6.03. The van der Waals surface area contributed by atoms with Crippen LogP contribution in [0.2, 0.25) is 0 Å². The third kappa shape index (κ3) is 5.17. The van der Waals surface area contributed by atoms with Crippen molar-refractivity contribution in [2.75, 3.05) is 7.05 Å². The van der Waals surface area contributed by atoms with Gasteiger partial charge in [0.1, 0.15) is 5.82 Å². The van der Waals surface area contributed by atoms with Crippen LogP contribution in [0, 0.1) is 5.82 Å². The van der Waals surface area contributed by atoms with Crippen LogP contribution in [0.15, 0.2) is 22.7 Å². The monoisotopic (exact) mass is 301 g/mol. The quantitative estimate of drug-likeness (QED) is 0.712. The summed E-state index contributed by atoms with van der Waals surface area (Å²) in [6.45, 7) is 2.21. The number of rotatable bonds is 7. The molecule has 17 heavy (non-hydrogen) atoms. The van der Waals surface area contributed by atoms with Crippen LogP contribution in [0.1, 0.15) is 50.6 Å². The molecule has 1 atom stereocenters. The van der Waals surface area contributed by atoms with E-state index in [-0.39, 0.29) is 11.9 Å². The topological polar surface area (TPSA) is 12.0 Å². The minimum atomic E-state index is -0.178. The van der Waals surface area contributed by atoms with Crippen LogP contribution in [-0.4, -0.2) is 7.05 Å². The van der Waals surface area contributed by atoms with E-state index in [4.69, 9.17) is 0 Å². The number of hydrogen-bond donors (Lipinski definition) is 1. The highest BCUT2D eigenvalue weighted by atomic mass is 79.9. The Hall–Kier alpha value is -0.410. The molecule has 0 amide bonds. The molecule has 1 aromatic rings. The molecule has 0 radical (unpaired) electrons. The molecule has 0 saturated carbocycles. The summed E-state index contributed by atoms with van der Waals surface area (Å²) in [5.74, 6) is -0.178. The first-order valence-corrected chi connectivity index (χ1v) is 7.10. The van der Waals surface area contributed by atoms with Crippen molar-refractivity contribution in [3.05, 3.63) is 34.1 Å². The Kier molecular flexibility index (Phi) is 6.75. The van der Waals surface area contributed by atoms with Crippen molar-refractivity contribution in [3.63, 3.8) is 0 Å². The van der Waals surface area contributed by atoms with Gasteiger partial charge >= 0.3 is 0 Å². The molecule has 0 bridgehead atoms. The van der Waals surface area contributed by atoms with Gasteiger partial charge in [-0.3, -0.25) is 0 Å². The Morgan fingerprint density at radius 1 is 1.24 bits per heavy atom. The minimum absolute atomic E-state index is 0.178. The van der Waals surface area contributed by atoms with Gasteiger partial charge in [0.05, 0.1) is 0 Å². The highest BCUT2D eigenvalue weighted by Crippen LogP contribution is 2.24. The molecular formula is C14H21BrFN. The molecule has 0 aliphatic heterocycles. The molecule has 96 valence electrons. The second-order valence-corrected chi connectivity index (χ2v) is 5.31. The summed E-state index contributed by atoms with van der Waals surface area (Å²) in [4.78, 5) is 0. The fourth-order valence-electron chi connectivity index (χ4n) is 2.03. The Morgan fingerprint density at radius 2 is 2.00 bits per heavy atom. The molecule has 1 N–H and O–H groups in total. The van der Waals surface area contributed by atoms with Gasteiger partial charge in [-0.05, 0) is 37.2 Å². The molecule has 0 spiro atoms. The Labute approximate surface area is 112 Å². The van der Waals surface area contributed by atoms with E-state index in [1.54, 1.807) is 6.07 Å². The standard InChI is InChI=1S/C14H21BrFN/c1-3-4-5-6-7-14(17-2)11-8-12(15)10-13(16)9-11/h8-10,14,17H,3-7H2,1-2H3. The molecule has 0 aliphatic rings. The molecule has 1 aromatic carbocycles. The van der Waals surface area contributed by atoms with Crippen molar-refractivity contribution in [2.45, 2.75) is 45.1 Å². The Balaban J connectivity index is 2.59. The maximum atomic E-state index is 13.3. The average molecular weight is 302 g/mol. The first kappa shape index (κ1) is 14.7. The van der Waals surface area contributed by atoms with Crippen molar-refractivity contribution in [1.29, 1.82) is 0 Å².